The molecule has 2 N–H and O–H groups in total. The van der Waals surface area contributed by atoms with Crippen LogP contribution in [0.2, 0.25) is 0 Å². The fraction of sp³-hybridized carbons (Fsp3) is 0.0385. The van der Waals surface area contributed by atoms with Crippen LogP contribution < -0.4 is 5.32 Å². The van der Waals surface area contributed by atoms with E-state index in [-0.39, 0.29) is 0 Å². The van der Waals surface area contributed by atoms with Gasteiger partial charge in [-0.1, -0.05) is 42.5 Å². The summed E-state index contributed by atoms with van der Waals surface area (Å²) in [7, 11) is 1.89. The number of anilines is 1. The lowest BCUT2D eigenvalue weighted by Gasteiger charge is -2.11. The molecule has 6 aromatic rings. The maximum atomic E-state index is 4.94. The van der Waals surface area contributed by atoms with Crippen molar-refractivity contribution in [3.05, 3.63) is 85.2 Å². The molecule has 0 spiro atoms. The number of H-pyrrole nitrogens is 1. The zero-order chi connectivity index (χ0) is 23.6. The molecule has 4 heterocycles. The molecule has 0 fully saturated rings. The zero-order valence-corrected chi connectivity index (χ0v) is 18.7. The number of pyridine rings is 1. The molecule has 6 rings (SSSR count). The van der Waals surface area contributed by atoms with Crippen LogP contribution in [0.5, 0.6) is 0 Å². The highest BCUT2D eigenvalue weighted by Gasteiger charge is 2.16. The molecule has 9 heteroatoms. The standard InChI is InChI=1S/C26H19N9/c1-27-18-10-8-17(9-11-18)22-21(16-6-3-2-4-7-16)30-19-12-13-20(31-23(19)32-22)24-33-26(35-34-24)25-28-14-5-15-29-25/h2-15,27H,1H3,(H,33,34,35). The Bertz CT molecular complexity index is 1610. The van der Waals surface area contributed by atoms with E-state index >= 15 is 0 Å². The Morgan fingerprint density at radius 3 is 2.17 bits per heavy atom. The van der Waals surface area contributed by atoms with Crippen molar-refractivity contribution in [1.29, 1.82) is 0 Å². The van der Waals surface area contributed by atoms with Gasteiger partial charge in [0.2, 0.25) is 0 Å². The maximum Gasteiger partial charge on any atom is 0.200 e. The minimum atomic E-state index is 0.434. The molecular formula is C26H19N9. The second kappa shape index (κ2) is 8.71. The Morgan fingerprint density at radius 2 is 1.40 bits per heavy atom. The highest BCUT2D eigenvalue weighted by molar-refractivity contribution is 5.85. The highest BCUT2D eigenvalue weighted by atomic mass is 15.2. The molecule has 4 aromatic heterocycles. The summed E-state index contributed by atoms with van der Waals surface area (Å²) in [5.41, 5.74) is 6.28. The summed E-state index contributed by atoms with van der Waals surface area (Å²) < 4.78 is 0. The molecule has 0 radical (unpaired) electrons. The molecule has 9 nitrogen and oxygen atoms in total. The normalized spacial score (nSPS) is 11.0. The summed E-state index contributed by atoms with van der Waals surface area (Å²) in [5.74, 6) is 1.37. The summed E-state index contributed by atoms with van der Waals surface area (Å²) >= 11 is 0. The Labute approximate surface area is 200 Å². The van der Waals surface area contributed by atoms with Gasteiger partial charge in [0.25, 0.3) is 0 Å². The van der Waals surface area contributed by atoms with E-state index in [4.69, 9.17) is 15.0 Å². The predicted octanol–water partition coefficient (Wildman–Crippen LogP) is 4.64. The van der Waals surface area contributed by atoms with Crippen LogP contribution in [-0.4, -0.2) is 47.1 Å². The molecule has 0 saturated carbocycles. The summed E-state index contributed by atoms with van der Waals surface area (Å²) in [6.45, 7) is 0. The highest BCUT2D eigenvalue weighted by Crippen LogP contribution is 2.31. The van der Waals surface area contributed by atoms with Crippen molar-refractivity contribution in [1.82, 2.24) is 40.1 Å². The van der Waals surface area contributed by atoms with Gasteiger partial charge in [0.1, 0.15) is 11.2 Å². The fourth-order valence-corrected chi connectivity index (χ4v) is 3.76. The van der Waals surface area contributed by atoms with Crippen LogP contribution >= 0.6 is 0 Å². The molecule has 35 heavy (non-hydrogen) atoms. The van der Waals surface area contributed by atoms with Crippen molar-refractivity contribution in [3.8, 4) is 45.7 Å². The number of benzene rings is 2. The number of nitrogens with one attached hydrogen (secondary N) is 2. The van der Waals surface area contributed by atoms with Gasteiger partial charge >= 0.3 is 0 Å². The quantitative estimate of drug-likeness (QED) is 0.384. The monoisotopic (exact) mass is 457 g/mol. The molecule has 0 atom stereocenters. The number of hydrogen-bond acceptors (Lipinski definition) is 8. The van der Waals surface area contributed by atoms with E-state index < -0.39 is 0 Å². The van der Waals surface area contributed by atoms with E-state index in [2.05, 4.69) is 30.5 Å². The van der Waals surface area contributed by atoms with Crippen molar-refractivity contribution in [2.24, 2.45) is 0 Å². The van der Waals surface area contributed by atoms with Gasteiger partial charge in [0.05, 0.1) is 11.4 Å². The summed E-state index contributed by atoms with van der Waals surface area (Å²) in [6, 6.07) is 23.6. The van der Waals surface area contributed by atoms with Crippen LogP contribution in [0.3, 0.4) is 0 Å². The van der Waals surface area contributed by atoms with Gasteiger partial charge in [-0.3, -0.25) is 5.10 Å². The number of aromatic nitrogens is 8. The molecular weight excluding hydrogens is 438 g/mol. The third-order valence-corrected chi connectivity index (χ3v) is 5.52. The number of fused-ring (bicyclic) bond motifs is 1. The van der Waals surface area contributed by atoms with E-state index in [0.717, 1.165) is 28.2 Å². The van der Waals surface area contributed by atoms with Crippen molar-refractivity contribution in [2.75, 3.05) is 12.4 Å². The van der Waals surface area contributed by atoms with E-state index in [9.17, 15) is 0 Å². The number of nitrogens with zero attached hydrogens (tertiary/aromatic N) is 7. The molecule has 0 unspecified atom stereocenters. The minimum absolute atomic E-state index is 0.434. The van der Waals surface area contributed by atoms with Crippen molar-refractivity contribution < 1.29 is 0 Å². The average molecular weight is 458 g/mol. The van der Waals surface area contributed by atoms with Crippen molar-refractivity contribution >= 4 is 16.9 Å². The predicted molar refractivity (Wildman–Crippen MR) is 134 cm³/mol. The summed E-state index contributed by atoms with van der Waals surface area (Å²) in [5, 5.41) is 10.3. The van der Waals surface area contributed by atoms with Crippen LogP contribution in [0.15, 0.2) is 85.2 Å². The third-order valence-electron chi connectivity index (χ3n) is 5.52. The van der Waals surface area contributed by atoms with Gasteiger partial charge in [0, 0.05) is 36.3 Å². The molecule has 2 aromatic carbocycles. The average Bonchev–Trinajstić information content (AvgIpc) is 3.44. The van der Waals surface area contributed by atoms with Gasteiger partial charge in [-0.05, 0) is 30.3 Å². The van der Waals surface area contributed by atoms with Crippen LogP contribution in [0.1, 0.15) is 0 Å². The molecule has 0 amide bonds. The van der Waals surface area contributed by atoms with E-state index in [1.54, 1.807) is 18.5 Å². The largest absolute Gasteiger partial charge is 0.388 e. The zero-order valence-electron chi connectivity index (χ0n) is 18.7. The number of aromatic amines is 1. The minimum Gasteiger partial charge on any atom is -0.388 e. The Kier molecular flexibility index (Phi) is 5.12. The third kappa shape index (κ3) is 3.95. The van der Waals surface area contributed by atoms with Crippen molar-refractivity contribution in [3.63, 3.8) is 0 Å². The topological polar surface area (TPSA) is 118 Å². The molecule has 0 bridgehead atoms. The lowest BCUT2D eigenvalue weighted by Crippen LogP contribution is -1.98. The Morgan fingerprint density at radius 1 is 0.657 bits per heavy atom. The smallest absolute Gasteiger partial charge is 0.200 e. The number of hydrogen-bond donors (Lipinski definition) is 2. The molecule has 0 aliphatic carbocycles. The van der Waals surface area contributed by atoms with Crippen LogP contribution in [0.4, 0.5) is 5.69 Å². The Hall–Kier alpha value is -5.05. The van der Waals surface area contributed by atoms with Crippen LogP contribution in [0.25, 0.3) is 56.8 Å². The maximum absolute atomic E-state index is 4.94. The lowest BCUT2D eigenvalue weighted by atomic mass is 10.0. The first-order chi connectivity index (χ1) is 17.3. The van der Waals surface area contributed by atoms with Gasteiger partial charge < -0.3 is 5.32 Å². The first kappa shape index (κ1) is 20.5. The van der Waals surface area contributed by atoms with E-state index in [0.29, 0.717) is 34.3 Å². The van der Waals surface area contributed by atoms with Gasteiger partial charge in [-0.15, -0.1) is 0 Å². The summed E-state index contributed by atoms with van der Waals surface area (Å²) in [4.78, 5) is 27.6. The lowest BCUT2D eigenvalue weighted by molar-refractivity contribution is 1.06. The van der Waals surface area contributed by atoms with E-state index in [1.165, 1.54) is 0 Å². The molecule has 0 aliphatic rings. The van der Waals surface area contributed by atoms with Gasteiger partial charge in [-0.25, -0.2) is 29.9 Å². The SMILES string of the molecule is CNc1ccc(-c2nc3nc(-c4n[nH]c(-c5ncccn5)n4)ccc3nc2-c2ccccc2)cc1. The molecule has 168 valence electrons. The van der Waals surface area contributed by atoms with Crippen molar-refractivity contribution in [2.45, 2.75) is 0 Å². The first-order valence-corrected chi connectivity index (χ1v) is 11.0. The Balaban J connectivity index is 1.48. The second-order valence-electron chi connectivity index (χ2n) is 7.73. The van der Waals surface area contributed by atoms with Crippen LogP contribution in [0, 0.1) is 0 Å². The molecule has 0 aliphatic heterocycles. The fourth-order valence-electron chi connectivity index (χ4n) is 3.76. The molecule has 0 saturated heterocycles. The first-order valence-electron chi connectivity index (χ1n) is 11.0. The summed E-state index contributed by atoms with van der Waals surface area (Å²) in [6.07, 6.45) is 3.31. The second-order valence-corrected chi connectivity index (χ2v) is 7.73. The van der Waals surface area contributed by atoms with Gasteiger partial charge in [-0.2, -0.15) is 5.10 Å². The van der Waals surface area contributed by atoms with Crippen LogP contribution in [-0.2, 0) is 0 Å². The van der Waals surface area contributed by atoms with E-state index in [1.807, 2.05) is 73.8 Å². The van der Waals surface area contributed by atoms with Gasteiger partial charge in [0.15, 0.2) is 23.1 Å². The number of rotatable bonds is 5.